The fraction of sp³-hybridized carbons (Fsp3) is 0.545. The predicted molar refractivity (Wildman–Crippen MR) is 126 cm³/mol. The van der Waals surface area contributed by atoms with Gasteiger partial charge in [0.15, 0.2) is 0 Å². The van der Waals surface area contributed by atoms with Gasteiger partial charge in [0.1, 0.15) is 0 Å². The molecule has 32 heavy (non-hydrogen) atoms. The summed E-state index contributed by atoms with van der Waals surface area (Å²) in [4.78, 5) is 33.2. The zero-order valence-electron chi connectivity index (χ0n) is 19.5. The number of anilines is 4. The summed E-state index contributed by atoms with van der Waals surface area (Å²) in [7, 11) is 1.98. The lowest BCUT2D eigenvalue weighted by Crippen LogP contribution is -2.27. The number of aryl methyl sites for hydroxylation is 1. The van der Waals surface area contributed by atoms with Gasteiger partial charge in [-0.05, 0) is 50.4 Å². The second kappa shape index (κ2) is 11.1. The van der Waals surface area contributed by atoms with Gasteiger partial charge in [0.25, 0.3) is 5.91 Å². The molecule has 0 unspecified atom stereocenters. The lowest BCUT2D eigenvalue weighted by molar-refractivity contribution is 0.0364. The second-order valence-electron chi connectivity index (χ2n) is 8.41. The van der Waals surface area contributed by atoms with Crippen molar-refractivity contribution in [1.29, 1.82) is 0 Å². The number of hydrogen-bond donors (Lipinski definition) is 4. The van der Waals surface area contributed by atoms with E-state index in [0.717, 1.165) is 37.3 Å². The van der Waals surface area contributed by atoms with Crippen LogP contribution in [0.5, 0.6) is 0 Å². The molecule has 0 aliphatic carbocycles. The maximum absolute atomic E-state index is 12.3. The number of aromatic nitrogens is 3. The van der Waals surface area contributed by atoms with Gasteiger partial charge in [0.2, 0.25) is 17.8 Å². The van der Waals surface area contributed by atoms with Crippen LogP contribution in [-0.2, 0) is 4.84 Å². The van der Waals surface area contributed by atoms with Crippen molar-refractivity contribution in [3.05, 3.63) is 29.3 Å². The number of amides is 1. The summed E-state index contributed by atoms with van der Waals surface area (Å²) in [5.74, 6) is 1.70. The molecule has 2 aromatic rings. The van der Waals surface area contributed by atoms with Crippen LogP contribution in [0.3, 0.4) is 0 Å². The van der Waals surface area contributed by atoms with Gasteiger partial charge in [-0.25, -0.2) is 5.48 Å². The number of nitrogens with zero attached hydrogens (tertiary/aromatic N) is 4. The zero-order valence-corrected chi connectivity index (χ0v) is 19.5. The number of benzene rings is 1. The van der Waals surface area contributed by atoms with Gasteiger partial charge in [-0.15, -0.1) is 0 Å². The van der Waals surface area contributed by atoms with Gasteiger partial charge < -0.3 is 20.9 Å². The Kier molecular flexibility index (Phi) is 8.18. The Balaban J connectivity index is 1.87. The van der Waals surface area contributed by atoms with Crippen molar-refractivity contribution < 1.29 is 9.63 Å². The molecule has 10 heteroatoms. The molecular formula is C22H34N8O2. The van der Waals surface area contributed by atoms with Gasteiger partial charge in [0, 0.05) is 37.4 Å². The van der Waals surface area contributed by atoms with Crippen LogP contribution < -0.4 is 26.3 Å². The third kappa shape index (κ3) is 6.51. The first kappa shape index (κ1) is 23.7. The molecule has 1 aromatic carbocycles. The van der Waals surface area contributed by atoms with Gasteiger partial charge in [-0.2, -0.15) is 15.0 Å². The number of rotatable bonds is 10. The van der Waals surface area contributed by atoms with E-state index in [1.165, 1.54) is 0 Å². The third-order valence-electron chi connectivity index (χ3n) is 5.05. The van der Waals surface area contributed by atoms with Gasteiger partial charge in [-0.1, -0.05) is 19.9 Å². The minimum atomic E-state index is -0.306. The highest BCUT2D eigenvalue weighted by atomic mass is 16.6. The molecule has 10 nitrogen and oxygen atoms in total. The van der Waals surface area contributed by atoms with E-state index in [1.807, 2.05) is 31.9 Å². The van der Waals surface area contributed by atoms with Crippen LogP contribution in [0.1, 0.15) is 43.1 Å². The standard InChI is InChI=1S/C22H34N8O2/c1-6-32-29-19(31)16-8-7-15(4)18(11-16)25-21-26-20(24-17-9-10-23-12-17)27-22(28-21)30(5)13-14(2)3/h7-8,11,14,17,23H,6,9-10,12-13H2,1-5H3,(H,29,31)(H2,24,25,26,27,28)/t17-/m0/s1. The lowest BCUT2D eigenvalue weighted by atomic mass is 10.1. The topological polar surface area (TPSA) is 116 Å². The maximum atomic E-state index is 12.3. The quantitative estimate of drug-likeness (QED) is 0.412. The molecule has 0 radical (unpaired) electrons. The van der Waals surface area contributed by atoms with E-state index in [2.05, 4.69) is 50.2 Å². The van der Waals surface area contributed by atoms with Crippen LogP contribution >= 0.6 is 0 Å². The van der Waals surface area contributed by atoms with Crippen LogP contribution in [0.25, 0.3) is 0 Å². The van der Waals surface area contributed by atoms with Crippen LogP contribution in [0.15, 0.2) is 18.2 Å². The van der Waals surface area contributed by atoms with Crippen molar-refractivity contribution in [3.8, 4) is 0 Å². The average molecular weight is 443 g/mol. The molecule has 0 bridgehead atoms. The van der Waals surface area contributed by atoms with E-state index < -0.39 is 0 Å². The van der Waals surface area contributed by atoms with E-state index in [9.17, 15) is 4.79 Å². The maximum Gasteiger partial charge on any atom is 0.274 e. The molecule has 3 rings (SSSR count). The molecule has 0 spiro atoms. The molecule has 4 N–H and O–H groups in total. The summed E-state index contributed by atoms with van der Waals surface area (Å²) in [5, 5.41) is 10.0. The predicted octanol–water partition coefficient (Wildman–Crippen LogP) is 2.47. The fourth-order valence-electron chi connectivity index (χ4n) is 3.46. The number of hydroxylamine groups is 1. The highest BCUT2D eigenvalue weighted by Gasteiger charge is 2.18. The summed E-state index contributed by atoms with van der Waals surface area (Å²) >= 11 is 0. The van der Waals surface area contributed by atoms with Crippen LogP contribution in [0.2, 0.25) is 0 Å². The summed E-state index contributed by atoms with van der Waals surface area (Å²) in [6.07, 6.45) is 1.02. The second-order valence-corrected chi connectivity index (χ2v) is 8.41. The molecule has 1 aliphatic rings. The molecule has 1 fully saturated rings. The Morgan fingerprint density at radius 2 is 2.06 bits per heavy atom. The molecular weight excluding hydrogens is 408 g/mol. The molecule has 1 amide bonds. The van der Waals surface area contributed by atoms with Crippen molar-refractivity contribution in [3.63, 3.8) is 0 Å². The minimum Gasteiger partial charge on any atom is -0.350 e. The van der Waals surface area contributed by atoms with Crippen molar-refractivity contribution >= 4 is 29.4 Å². The molecule has 1 atom stereocenters. The Morgan fingerprint density at radius 3 is 2.75 bits per heavy atom. The molecule has 174 valence electrons. The Labute approximate surface area is 189 Å². The minimum absolute atomic E-state index is 0.279. The summed E-state index contributed by atoms with van der Waals surface area (Å²) in [5.41, 5.74) is 4.60. The molecule has 1 saturated heterocycles. The first-order valence-corrected chi connectivity index (χ1v) is 11.1. The molecule has 2 heterocycles. The van der Waals surface area contributed by atoms with E-state index in [0.29, 0.717) is 35.9 Å². The Morgan fingerprint density at radius 1 is 1.28 bits per heavy atom. The van der Waals surface area contributed by atoms with Crippen molar-refractivity contribution in [1.82, 2.24) is 25.7 Å². The van der Waals surface area contributed by atoms with Gasteiger partial charge in [-0.3, -0.25) is 9.63 Å². The highest BCUT2D eigenvalue weighted by Crippen LogP contribution is 2.23. The van der Waals surface area contributed by atoms with Crippen LogP contribution in [0.4, 0.5) is 23.5 Å². The van der Waals surface area contributed by atoms with E-state index >= 15 is 0 Å². The molecule has 1 aliphatic heterocycles. The zero-order chi connectivity index (χ0) is 23.1. The summed E-state index contributed by atoms with van der Waals surface area (Å²) in [6, 6.07) is 5.67. The number of carbonyl (C=O) groups excluding carboxylic acids is 1. The largest absolute Gasteiger partial charge is 0.350 e. The monoisotopic (exact) mass is 442 g/mol. The SMILES string of the molecule is CCONC(=O)c1ccc(C)c(Nc2nc(N[C@H]3CCNC3)nc(N(C)CC(C)C)n2)c1. The van der Waals surface area contributed by atoms with Crippen LogP contribution in [0, 0.1) is 12.8 Å². The third-order valence-corrected chi connectivity index (χ3v) is 5.05. The normalized spacial score (nSPS) is 15.6. The van der Waals surface area contributed by atoms with E-state index in [4.69, 9.17) is 4.84 Å². The first-order chi connectivity index (χ1) is 15.4. The van der Waals surface area contributed by atoms with Crippen molar-refractivity contribution in [2.45, 2.75) is 40.2 Å². The number of nitrogens with one attached hydrogen (secondary N) is 4. The Hall–Kier alpha value is -2.98. The van der Waals surface area contributed by atoms with E-state index in [-0.39, 0.29) is 11.9 Å². The lowest BCUT2D eigenvalue weighted by Gasteiger charge is -2.21. The fourth-order valence-corrected chi connectivity index (χ4v) is 3.46. The first-order valence-electron chi connectivity index (χ1n) is 11.1. The van der Waals surface area contributed by atoms with Crippen LogP contribution in [-0.4, -0.2) is 60.2 Å². The smallest absolute Gasteiger partial charge is 0.274 e. The number of hydrogen-bond acceptors (Lipinski definition) is 9. The van der Waals surface area contributed by atoms with Crippen molar-refractivity contribution in [2.75, 3.05) is 48.8 Å². The summed E-state index contributed by atoms with van der Waals surface area (Å²) in [6.45, 7) is 11.1. The summed E-state index contributed by atoms with van der Waals surface area (Å²) < 4.78 is 0. The molecule has 0 saturated carbocycles. The average Bonchev–Trinajstić information content (AvgIpc) is 3.26. The Bertz CT molecular complexity index is 915. The number of carbonyl (C=O) groups is 1. The van der Waals surface area contributed by atoms with Crippen molar-refractivity contribution in [2.24, 2.45) is 5.92 Å². The highest BCUT2D eigenvalue weighted by molar-refractivity contribution is 5.94. The van der Waals surface area contributed by atoms with Gasteiger partial charge >= 0.3 is 0 Å². The van der Waals surface area contributed by atoms with E-state index in [1.54, 1.807) is 12.1 Å². The van der Waals surface area contributed by atoms with Gasteiger partial charge in [0.05, 0.1) is 6.61 Å². The molecule has 1 aromatic heterocycles.